The van der Waals surface area contributed by atoms with Gasteiger partial charge in [0, 0.05) is 29.6 Å². The molecule has 1 aromatic heterocycles. The maximum atomic E-state index is 12.7. The summed E-state index contributed by atoms with van der Waals surface area (Å²) in [5.41, 5.74) is 5.51. The molecule has 214 valence electrons. The lowest BCUT2D eigenvalue weighted by molar-refractivity contribution is -0.241. The first-order chi connectivity index (χ1) is 19.8. The van der Waals surface area contributed by atoms with Crippen molar-refractivity contribution < 1.29 is 24.9 Å². The van der Waals surface area contributed by atoms with Gasteiger partial charge in [-0.3, -0.25) is 4.79 Å². The van der Waals surface area contributed by atoms with Crippen molar-refractivity contribution in [3.8, 4) is 0 Å². The SMILES string of the molecule is O=C(NC[C@H]1O[C@@H](n2cc(Cc3ccc(C4CC4)cc3)c3c(Cl)cccc32)[C@H](O)[C@@H](O)[C@@H]1O)c1ccc(CCl)cc1. The number of fused-ring (bicyclic) bond motifs is 1. The fourth-order valence-electron chi connectivity index (χ4n) is 5.61. The van der Waals surface area contributed by atoms with E-state index in [0.717, 1.165) is 27.6 Å². The zero-order valence-corrected chi connectivity index (χ0v) is 23.8. The lowest BCUT2D eigenvalue weighted by Crippen LogP contribution is -2.58. The van der Waals surface area contributed by atoms with Crippen molar-refractivity contribution >= 4 is 40.0 Å². The molecule has 0 bridgehead atoms. The first-order valence-corrected chi connectivity index (χ1v) is 14.7. The van der Waals surface area contributed by atoms with Crippen LogP contribution < -0.4 is 5.32 Å². The largest absolute Gasteiger partial charge is 0.388 e. The number of hydrogen-bond acceptors (Lipinski definition) is 5. The second kappa shape index (κ2) is 11.8. The number of aliphatic hydroxyl groups is 3. The Bertz CT molecular complexity index is 1530. The fourth-order valence-corrected chi connectivity index (χ4v) is 6.08. The third-order valence-electron chi connectivity index (χ3n) is 8.10. The molecule has 6 rings (SSSR count). The first kappa shape index (κ1) is 28.2. The third-order valence-corrected chi connectivity index (χ3v) is 8.73. The molecule has 2 aliphatic rings. The van der Waals surface area contributed by atoms with Gasteiger partial charge in [-0.05, 0) is 71.7 Å². The molecule has 9 heteroatoms. The molecule has 1 saturated carbocycles. The summed E-state index contributed by atoms with van der Waals surface area (Å²) in [5.74, 6) is 0.674. The number of nitrogens with one attached hydrogen (secondary N) is 1. The minimum atomic E-state index is -1.49. The van der Waals surface area contributed by atoms with Crippen LogP contribution in [0.5, 0.6) is 0 Å². The fraction of sp³-hybridized carbons (Fsp3) is 0.344. The van der Waals surface area contributed by atoms with Crippen molar-refractivity contribution in [3.63, 3.8) is 0 Å². The number of ether oxygens (including phenoxy) is 1. The number of halogens is 2. The van der Waals surface area contributed by atoms with Crippen molar-refractivity contribution in [1.29, 1.82) is 0 Å². The Labute approximate surface area is 248 Å². The van der Waals surface area contributed by atoms with E-state index in [9.17, 15) is 20.1 Å². The van der Waals surface area contributed by atoms with Gasteiger partial charge in [-0.2, -0.15) is 0 Å². The summed E-state index contributed by atoms with van der Waals surface area (Å²) >= 11 is 12.5. The molecule has 3 aromatic carbocycles. The number of carbonyl (C=O) groups excluding carboxylic acids is 1. The summed E-state index contributed by atoms with van der Waals surface area (Å²) in [6.45, 7) is -0.0717. The van der Waals surface area contributed by atoms with Crippen molar-refractivity contribution in [2.45, 2.75) is 61.7 Å². The highest BCUT2D eigenvalue weighted by molar-refractivity contribution is 6.35. The number of aliphatic hydroxyl groups excluding tert-OH is 3. The zero-order valence-electron chi connectivity index (χ0n) is 22.3. The van der Waals surface area contributed by atoms with Crippen LogP contribution in [-0.2, 0) is 17.0 Å². The molecule has 7 nitrogen and oxygen atoms in total. The molecule has 0 radical (unpaired) electrons. The molecule has 2 heterocycles. The predicted molar refractivity (Wildman–Crippen MR) is 158 cm³/mol. The van der Waals surface area contributed by atoms with Crippen LogP contribution in [0.2, 0.25) is 5.02 Å². The zero-order chi connectivity index (χ0) is 28.7. The molecule has 1 amide bonds. The molecule has 1 aliphatic carbocycles. The highest BCUT2D eigenvalue weighted by Crippen LogP contribution is 2.40. The van der Waals surface area contributed by atoms with Crippen LogP contribution in [0.25, 0.3) is 10.9 Å². The Hall–Kier alpha value is -2.91. The van der Waals surface area contributed by atoms with E-state index in [2.05, 4.69) is 29.6 Å². The minimum absolute atomic E-state index is 0.0717. The van der Waals surface area contributed by atoms with E-state index in [0.29, 0.717) is 28.8 Å². The average molecular weight is 596 g/mol. The lowest BCUT2D eigenvalue weighted by Gasteiger charge is -2.41. The lowest BCUT2D eigenvalue weighted by atomic mass is 9.97. The molecule has 0 spiro atoms. The quantitative estimate of drug-likeness (QED) is 0.217. The Kier molecular flexibility index (Phi) is 8.10. The number of aromatic nitrogens is 1. The van der Waals surface area contributed by atoms with E-state index in [4.69, 9.17) is 27.9 Å². The van der Waals surface area contributed by atoms with Gasteiger partial charge in [-0.1, -0.05) is 54.1 Å². The number of hydrogen-bond donors (Lipinski definition) is 4. The van der Waals surface area contributed by atoms with Gasteiger partial charge in [0.15, 0.2) is 6.23 Å². The van der Waals surface area contributed by atoms with Gasteiger partial charge in [0.25, 0.3) is 5.91 Å². The predicted octanol–water partition coefficient (Wildman–Crippen LogP) is 4.91. The molecule has 1 saturated heterocycles. The Morgan fingerprint density at radius 2 is 1.63 bits per heavy atom. The number of amides is 1. The van der Waals surface area contributed by atoms with E-state index in [1.54, 1.807) is 28.8 Å². The number of rotatable bonds is 8. The summed E-state index contributed by atoms with van der Waals surface area (Å²) in [4.78, 5) is 12.7. The smallest absolute Gasteiger partial charge is 0.251 e. The van der Waals surface area contributed by atoms with Crippen LogP contribution in [0.15, 0.2) is 72.9 Å². The molecule has 1 aliphatic heterocycles. The summed E-state index contributed by atoms with van der Waals surface area (Å²) in [6, 6.07) is 21.1. The minimum Gasteiger partial charge on any atom is -0.388 e. The van der Waals surface area contributed by atoms with Crippen LogP contribution in [-0.4, -0.2) is 56.8 Å². The van der Waals surface area contributed by atoms with Crippen LogP contribution in [0.4, 0.5) is 0 Å². The van der Waals surface area contributed by atoms with Crippen molar-refractivity contribution in [2.24, 2.45) is 0 Å². The van der Waals surface area contributed by atoms with Crippen molar-refractivity contribution in [3.05, 3.63) is 106 Å². The van der Waals surface area contributed by atoms with E-state index >= 15 is 0 Å². The van der Waals surface area contributed by atoms with Crippen LogP contribution in [0.3, 0.4) is 0 Å². The Balaban J connectivity index is 1.25. The number of carbonyl (C=O) groups is 1. The van der Waals surface area contributed by atoms with Gasteiger partial charge < -0.3 is 29.9 Å². The molecule has 0 unspecified atom stereocenters. The van der Waals surface area contributed by atoms with E-state index in [1.165, 1.54) is 18.4 Å². The highest BCUT2D eigenvalue weighted by Gasteiger charge is 2.45. The molecule has 41 heavy (non-hydrogen) atoms. The third kappa shape index (κ3) is 5.75. The second-order valence-corrected chi connectivity index (χ2v) is 11.6. The van der Waals surface area contributed by atoms with Gasteiger partial charge in [-0.25, -0.2) is 0 Å². The van der Waals surface area contributed by atoms with Gasteiger partial charge >= 0.3 is 0 Å². The summed E-state index contributed by atoms with van der Waals surface area (Å²) in [5, 5.41) is 36.7. The van der Waals surface area contributed by atoms with Crippen LogP contribution >= 0.6 is 23.2 Å². The Morgan fingerprint density at radius 3 is 2.32 bits per heavy atom. The van der Waals surface area contributed by atoms with Crippen molar-refractivity contribution in [1.82, 2.24) is 9.88 Å². The van der Waals surface area contributed by atoms with Crippen LogP contribution in [0.1, 0.15) is 57.6 Å². The number of alkyl halides is 1. The summed E-state index contributed by atoms with van der Waals surface area (Å²) < 4.78 is 7.94. The standard InChI is InChI=1S/C32H32Cl2N2O5/c33-15-19-6-10-22(11-7-19)31(40)35-16-26-28(37)29(38)30(39)32(41-26)36-17-23(27-24(34)2-1-3-25(27)36)14-18-4-8-20(9-5-18)21-12-13-21/h1-11,17,21,26,28-30,32,37-39H,12-16H2,(H,35,40)/t26-,28-,29+,30-,32-/m1/s1. The maximum absolute atomic E-state index is 12.7. The van der Waals surface area contributed by atoms with Gasteiger partial charge in [-0.15, -0.1) is 11.6 Å². The number of nitrogens with zero attached hydrogens (tertiary/aromatic N) is 1. The van der Waals surface area contributed by atoms with E-state index in [1.807, 2.05) is 24.4 Å². The van der Waals surface area contributed by atoms with Gasteiger partial charge in [0.1, 0.15) is 24.4 Å². The molecule has 5 atom stereocenters. The summed E-state index contributed by atoms with van der Waals surface area (Å²) in [6.07, 6.45) is -1.31. The van der Waals surface area contributed by atoms with Crippen LogP contribution in [0, 0.1) is 0 Å². The van der Waals surface area contributed by atoms with E-state index < -0.39 is 30.6 Å². The normalized spacial score (nSPS) is 24.5. The highest BCUT2D eigenvalue weighted by atomic mass is 35.5. The molecular formula is C32H32Cl2N2O5. The van der Waals surface area contributed by atoms with E-state index in [-0.39, 0.29) is 12.5 Å². The summed E-state index contributed by atoms with van der Waals surface area (Å²) in [7, 11) is 0. The average Bonchev–Trinajstić information content (AvgIpc) is 3.78. The topological polar surface area (TPSA) is 104 Å². The van der Waals surface area contributed by atoms with Gasteiger partial charge in [0.05, 0.1) is 10.5 Å². The molecule has 2 fully saturated rings. The maximum Gasteiger partial charge on any atom is 0.251 e. The second-order valence-electron chi connectivity index (χ2n) is 11.0. The first-order valence-electron chi connectivity index (χ1n) is 13.8. The monoisotopic (exact) mass is 594 g/mol. The molecular weight excluding hydrogens is 563 g/mol. The van der Waals surface area contributed by atoms with Crippen molar-refractivity contribution in [2.75, 3.05) is 6.54 Å². The Morgan fingerprint density at radius 1 is 0.927 bits per heavy atom. The number of benzene rings is 3. The molecule has 4 aromatic rings. The van der Waals surface area contributed by atoms with Gasteiger partial charge in [0.2, 0.25) is 0 Å². The molecule has 4 N–H and O–H groups in total.